The maximum absolute atomic E-state index is 15.1. The predicted molar refractivity (Wildman–Crippen MR) is 105 cm³/mol. The summed E-state index contributed by atoms with van der Waals surface area (Å²) < 4.78 is 76.3. The molecule has 3 rings (SSSR count). The molecule has 166 valence electrons. The van der Waals surface area contributed by atoms with Gasteiger partial charge in [0, 0.05) is 24.2 Å². The smallest absolute Gasteiger partial charge is 0.356 e. The van der Waals surface area contributed by atoms with Crippen LogP contribution in [0.4, 0.5) is 22.0 Å². The summed E-state index contributed by atoms with van der Waals surface area (Å²) in [5, 5.41) is 4.08. The SMILES string of the molecule is CC(=O)c1cc(-c2cc(-c3ccc(C(F)(C(C)(C)F)C(F)(F)F)n3C)no2)ccc1Cl. The highest BCUT2D eigenvalue weighted by molar-refractivity contribution is 6.34. The number of hydrogen-bond donors (Lipinski definition) is 0. The summed E-state index contributed by atoms with van der Waals surface area (Å²) in [7, 11) is 1.18. The zero-order valence-corrected chi connectivity index (χ0v) is 17.7. The minimum Gasteiger partial charge on any atom is -0.356 e. The Bertz CT molecular complexity index is 1130. The van der Waals surface area contributed by atoms with Crippen molar-refractivity contribution < 1.29 is 31.3 Å². The second-order valence-electron chi connectivity index (χ2n) is 7.62. The fourth-order valence-corrected chi connectivity index (χ4v) is 3.63. The lowest BCUT2D eigenvalue weighted by Gasteiger charge is -2.36. The minimum absolute atomic E-state index is 0.0845. The lowest BCUT2D eigenvalue weighted by atomic mass is 9.85. The number of alkyl halides is 5. The summed E-state index contributed by atoms with van der Waals surface area (Å²) >= 11 is 5.99. The number of nitrogens with zero attached hydrogens (tertiary/aromatic N) is 2. The second-order valence-corrected chi connectivity index (χ2v) is 8.03. The number of halogens is 6. The maximum Gasteiger partial charge on any atom is 0.431 e. The fraction of sp³-hybridized carbons (Fsp3) is 0.333. The first-order valence-electron chi connectivity index (χ1n) is 9.07. The summed E-state index contributed by atoms with van der Waals surface area (Å²) in [6.45, 7) is 2.42. The number of ketones is 1. The summed E-state index contributed by atoms with van der Waals surface area (Å²) in [5.41, 5.74) is -7.48. The van der Waals surface area contributed by atoms with Gasteiger partial charge < -0.3 is 9.09 Å². The molecule has 3 aromatic rings. The Hall–Kier alpha value is -2.68. The number of Topliss-reactive ketones (excluding diaryl/α,β-unsaturated/α-hetero) is 1. The Morgan fingerprint density at radius 1 is 1.06 bits per heavy atom. The Morgan fingerprint density at radius 3 is 2.26 bits per heavy atom. The number of carbonyl (C=O) groups excluding carboxylic acids is 1. The minimum atomic E-state index is -5.49. The molecule has 0 fully saturated rings. The van der Waals surface area contributed by atoms with Crippen LogP contribution >= 0.6 is 11.6 Å². The highest BCUT2D eigenvalue weighted by Gasteiger charge is 2.68. The predicted octanol–water partition coefficient (Wildman–Crippen LogP) is 6.68. The number of aromatic nitrogens is 2. The summed E-state index contributed by atoms with van der Waals surface area (Å²) in [5.74, 6) is -0.0518. The lowest BCUT2D eigenvalue weighted by molar-refractivity contribution is -0.276. The van der Waals surface area contributed by atoms with E-state index in [0.717, 1.165) is 10.6 Å². The van der Waals surface area contributed by atoms with Gasteiger partial charge in [-0.25, -0.2) is 8.78 Å². The topological polar surface area (TPSA) is 48.0 Å². The van der Waals surface area contributed by atoms with Crippen molar-refractivity contribution in [2.45, 2.75) is 38.3 Å². The van der Waals surface area contributed by atoms with Gasteiger partial charge in [0.15, 0.2) is 17.2 Å². The monoisotopic (exact) mass is 460 g/mol. The fourth-order valence-electron chi connectivity index (χ4n) is 3.38. The molecule has 0 saturated heterocycles. The highest BCUT2D eigenvalue weighted by atomic mass is 35.5. The van der Waals surface area contributed by atoms with Crippen molar-refractivity contribution in [1.82, 2.24) is 9.72 Å². The van der Waals surface area contributed by atoms with E-state index in [9.17, 15) is 22.4 Å². The van der Waals surface area contributed by atoms with Gasteiger partial charge in [-0.2, -0.15) is 13.2 Å². The van der Waals surface area contributed by atoms with E-state index in [-0.39, 0.29) is 33.5 Å². The highest BCUT2D eigenvalue weighted by Crippen LogP contribution is 2.52. The zero-order chi connectivity index (χ0) is 23.4. The van der Waals surface area contributed by atoms with Crippen LogP contribution in [-0.2, 0) is 12.7 Å². The van der Waals surface area contributed by atoms with E-state index in [4.69, 9.17) is 16.1 Å². The van der Waals surface area contributed by atoms with Gasteiger partial charge in [-0.1, -0.05) is 16.8 Å². The summed E-state index contributed by atoms with van der Waals surface area (Å²) in [4.78, 5) is 11.7. The van der Waals surface area contributed by atoms with Crippen LogP contribution in [0.15, 0.2) is 40.9 Å². The second kappa shape index (κ2) is 7.47. The van der Waals surface area contributed by atoms with Gasteiger partial charge in [-0.05, 0) is 51.1 Å². The van der Waals surface area contributed by atoms with Gasteiger partial charge in [0.1, 0.15) is 5.69 Å². The summed E-state index contributed by atoms with van der Waals surface area (Å²) in [6.07, 6.45) is -5.49. The molecule has 2 heterocycles. The first-order chi connectivity index (χ1) is 14.2. The molecule has 0 bridgehead atoms. The Labute approximate surface area is 179 Å². The molecule has 31 heavy (non-hydrogen) atoms. The lowest BCUT2D eigenvalue weighted by Crippen LogP contribution is -2.52. The molecule has 10 heteroatoms. The molecule has 0 aliphatic heterocycles. The largest absolute Gasteiger partial charge is 0.431 e. The number of benzene rings is 1. The molecular formula is C21H18ClF5N2O2. The van der Waals surface area contributed by atoms with Crippen LogP contribution in [-0.4, -0.2) is 27.4 Å². The van der Waals surface area contributed by atoms with Crippen molar-refractivity contribution >= 4 is 17.4 Å². The van der Waals surface area contributed by atoms with Crippen LogP contribution in [0, 0.1) is 0 Å². The van der Waals surface area contributed by atoms with Crippen LogP contribution in [0.5, 0.6) is 0 Å². The molecule has 0 aliphatic carbocycles. The molecule has 1 unspecified atom stereocenters. The van der Waals surface area contributed by atoms with Crippen LogP contribution in [0.2, 0.25) is 5.02 Å². The van der Waals surface area contributed by atoms with E-state index in [1.807, 2.05) is 0 Å². The molecule has 2 aromatic heterocycles. The van der Waals surface area contributed by atoms with E-state index >= 15 is 4.39 Å². The molecule has 0 N–H and O–H groups in total. The van der Waals surface area contributed by atoms with Crippen LogP contribution < -0.4 is 0 Å². The summed E-state index contributed by atoms with van der Waals surface area (Å²) in [6, 6.07) is 8.06. The van der Waals surface area contributed by atoms with Gasteiger partial charge in [0.05, 0.1) is 16.4 Å². The third kappa shape index (κ3) is 3.75. The van der Waals surface area contributed by atoms with E-state index in [1.54, 1.807) is 6.07 Å². The van der Waals surface area contributed by atoms with Crippen molar-refractivity contribution in [3.63, 3.8) is 0 Å². The van der Waals surface area contributed by atoms with Gasteiger partial charge in [0.25, 0.3) is 5.67 Å². The number of carbonyl (C=O) groups is 1. The van der Waals surface area contributed by atoms with Crippen LogP contribution in [0.1, 0.15) is 36.8 Å². The quantitative estimate of drug-likeness (QED) is 0.315. The number of hydrogen-bond acceptors (Lipinski definition) is 3. The van der Waals surface area contributed by atoms with Gasteiger partial charge >= 0.3 is 6.18 Å². The normalized spacial score (nSPS) is 14.5. The van der Waals surface area contributed by atoms with Crippen molar-refractivity contribution in [2.24, 2.45) is 7.05 Å². The van der Waals surface area contributed by atoms with Crippen molar-refractivity contribution in [1.29, 1.82) is 0 Å². The van der Waals surface area contributed by atoms with Crippen molar-refractivity contribution in [3.05, 3.63) is 52.7 Å². The van der Waals surface area contributed by atoms with E-state index in [1.165, 1.54) is 38.2 Å². The maximum atomic E-state index is 15.1. The van der Waals surface area contributed by atoms with Crippen molar-refractivity contribution in [3.8, 4) is 22.7 Å². The average Bonchev–Trinajstić information content (AvgIpc) is 3.26. The molecule has 0 amide bonds. The molecule has 0 radical (unpaired) electrons. The standard InChI is InChI=1S/C21H18ClF5N2O2/c1-11(30)13-9-12(5-6-14(13)22)17-10-15(28-31-17)16-7-8-18(29(16)4)20(24,19(2,3)23)21(25,26)27/h5-10H,1-4H3. The first kappa shape index (κ1) is 23.0. The van der Waals surface area contributed by atoms with E-state index in [0.29, 0.717) is 19.4 Å². The molecule has 0 aliphatic rings. The number of rotatable bonds is 5. The van der Waals surface area contributed by atoms with Crippen molar-refractivity contribution in [2.75, 3.05) is 0 Å². The van der Waals surface area contributed by atoms with Crippen LogP contribution in [0.3, 0.4) is 0 Å². The first-order valence-corrected chi connectivity index (χ1v) is 9.45. The van der Waals surface area contributed by atoms with E-state index in [2.05, 4.69) is 5.16 Å². The third-order valence-electron chi connectivity index (χ3n) is 5.09. The zero-order valence-electron chi connectivity index (χ0n) is 16.9. The Balaban J connectivity index is 2.07. The average molecular weight is 461 g/mol. The third-order valence-corrected chi connectivity index (χ3v) is 5.42. The molecule has 1 atom stereocenters. The van der Waals surface area contributed by atoms with Gasteiger partial charge in [-0.3, -0.25) is 4.79 Å². The Kier molecular flexibility index (Phi) is 5.54. The van der Waals surface area contributed by atoms with Gasteiger partial charge in [0.2, 0.25) is 0 Å². The molecule has 0 spiro atoms. The molecular weight excluding hydrogens is 443 g/mol. The van der Waals surface area contributed by atoms with E-state index < -0.39 is 23.2 Å². The molecule has 1 aromatic carbocycles. The molecule has 0 saturated carbocycles. The Morgan fingerprint density at radius 2 is 1.71 bits per heavy atom. The molecule has 4 nitrogen and oxygen atoms in total. The van der Waals surface area contributed by atoms with Gasteiger partial charge in [-0.15, -0.1) is 0 Å². The van der Waals surface area contributed by atoms with Crippen LogP contribution in [0.25, 0.3) is 22.7 Å².